The summed E-state index contributed by atoms with van der Waals surface area (Å²) >= 11 is 0. The number of hydrogen-bond donors (Lipinski definition) is 3. The third-order valence-corrected chi connectivity index (χ3v) is 3.61. The summed E-state index contributed by atoms with van der Waals surface area (Å²) in [5.74, 6) is -0.0359. The van der Waals surface area contributed by atoms with Crippen LogP contribution in [0.15, 0.2) is 0 Å². The Morgan fingerprint density at radius 3 is 2.21 bits per heavy atom. The molecule has 2 atom stereocenters. The fourth-order valence-electron chi connectivity index (χ4n) is 2.40. The SMILES string of the molecule is CN1C(=O)C(CCCCN)NC(=O)C1CCCCN. The molecule has 0 spiro atoms. The van der Waals surface area contributed by atoms with Gasteiger partial charge in [-0.1, -0.05) is 0 Å². The molecule has 1 aliphatic heterocycles. The molecule has 1 rings (SSSR count). The van der Waals surface area contributed by atoms with Crippen LogP contribution in [0.1, 0.15) is 38.5 Å². The minimum atomic E-state index is -0.380. The lowest BCUT2D eigenvalue weighted by Gasteiger charge is -2.36. The quantitative estimate of drug-likeness (QED) is 0.521. The number of rotatable bonds is 8. The van der Waals surface area contributed by atoms with E-state index in [0.717, 1.165) is 25.7 Å². The Hall–Kier alpha value is -1.14. The van der Waals surface area contributed by atoms with Crippen molar-refractivity contribution in [2.24, 2.45) is 11.5 Å². The Labute approximate surface area is 114 Å². The molecular formula is C13H26N4O2. The van der Waals surface area contributed by atoms with Crippen LogP contribution in [-0.2, 0) is 9.59 Å². The van der Waals surface area contributed by atoms with E-state index >= 15 is 0 Å². The van der Waals surface area contributed by atoms with Gasteiger partial charge in [0, 0.05) is 7.05 Å². The van der Waals surface area contributed by atoms with Gasteiger partial charge in [-0.15, -0.1) is 0 Å². The molecule has 0 radical (unpaired) electrons. The summed E-state index contributed by atoms with van der Waals surface area (Å²) in [5.41, 5.74) is 10.9. The maximum Gasteiger partial charge on any atom is 0.245 e. The van der Waals surface area contributed by atoms with Crippen molar-refractivity contribution in [1.29, 1.82) is 0 Å². The fraction of sp³-hybridized carbons (Fsp3) is 0.846. The number of nitrogens with two attached hydrogens (primary N) is 2. The van der Waals surface area contributed by atoms with Gasteiger partial charge >= 0.3 is 0 Å². The third-order valence-electron chi connectivity index (χ3n) is 3.61. The minimum Gasteiger partial charge on any atom is -0.343 e. The van der Waals surface area contributed by atoms with Crippen LogP contribution < -0.4 is 16.8 Å². The molecule has 110 valence electrons. The van der Waals surface area contributed by atoms with Gasteiger partial charge in [0.1, 0.15) is 12.1 Å². The molecule has 2 unspecified atom stereocenters. The van der Waals surface area contributed by atoms with Crippen molar-refractivity contribution in [2.45, 2.75) is 50.6 Å². The largest absolute Gasteiger partial charge is 0.343 e. The van der Waals surface area contributed by atoms with E-state index in [2.05, 4.69) is 5.32 Å². The predicted octanol–water partition coefficient (Wildman–Crippen LogP) is -0.430. The standard InChI is InChI=1S/C13H26N4O2/c1-17-11(7-3-5-9-15)12(18)16-10(13(17)19)6-2-4-8-14/h10-11H,2-9,14-15H2,1H3,(H,16,18). The zero-order valence-electron chi connectivity index (χ0n) is 11.7. The summed E-state index contributed by atoms with van der Waals surface area (Å²) < 4.78 is 0. The van der Waals surface area contributed by atoms with Crippen molar-refractivity contribution in [3.8, 4) is 0 Å². The molecule has 0 aliphatic carbocycles. The van der Waals surface area contributed by atoms with E-state index in [-0.39, 0.29) is 23.9 Å². The average molecular weight is 270 g/mol. The first-order valence-electron chi connectivity index (χ1n) is 7.09. The lowest BCUT2D eigenvalue weighted by Crippen LogP contribution is -2.61. The van der Waals surface area contributed by atoms with Crippen molar-refractivity contribution in [3.05, 3.63) is 0 Å². The second kappa shape index (κ2) is 8.12. The zero-order valence-corrected chi connectivity index (χ0v) is 11.7. The van der Waals surface area contributed by atoms with Crippen LogP contribution in [0.3, 0.4) is 0 Å². The lowest BCUT2D eigenvalue weighted by molar-refractivity contribution is -0.148. The second-order valence-corrected chi connectivity index (χ2v) is 5.10. The number of carbonyl (C=O) groups is 2. The fourth-order valence-corrected chi connectivity index (χ4v) is 2.40. The van der Waals surface area contributed by atoms with E-state index in [1.165, 1.54) is 0 Å². The second-order valence-electron chi connectivity index (χ2n) is 5.10. The maximum atomic E-state index is 12.2. The first kappa shape index (κ1) is 15.9. The normalized spacial score (nSPS) is 23.6. The molecule has 1 aliphatic rings. The van der Waals surface area contributed by atoms with Crippen molar-refractivity contribution < 1.29 is 9.59 Å². The molecule has 2 amide bonds. The van der Waals surface area contributed by atoms with Gasteiger partial charge < -0.3 is 21.7 Å². The molecule has 0 aromatic heterocycles. The molecule has 1 heterocycles. The molecule has 1 saturated heterocycles. The average Bonchev–Trinajstić information content (AvgIpc) is 2.39. The molecule has 0 aromatic carbocycles. The van der Waals surface area contributed by atoms with Gasteiger partial charge in [-0.3, -0.25) is 9.59 Å². The smallest absolute Gasteiger partial charge is 0.245 e. The maximum absolute atomic E-state index is 12.2. The number of amides is 2. The van der Waals surface area contributed by atoms with E-state index in [0.29, 0.717) is 25.9 Å². The van der Waals surface area contributed by atoms with E-state index in [9.17, 15) is 9.59 Å². The molecule has 19 heavy (non-hydrogen) atoms. The first-order chi connectivity index (χ1) is 9.11. The van der Waals surface area contributed by atoms with E-state index in [4.69, 9.17) is 11.5 Å². The number of piperazine rings is 1. The number of nitrogens with one attached hydrogen (secondary N) is 1. The van der Waals surface area contributed by atoms with Crippen LogP contribution in [0.5, 0.6) is 0 Å². The summed E-state index contributed by atoms with van der Waals surface area (Å²) in [4.78, 5) is 25.8. The Morgan fingerprint density at radius 2 is 1.63 bits per heavy atom. The molecule has 6 nitrogen and oxygen atoms in total. The number of nitrogens with zero attached hydrogens (tertiary/aromatic N) is 1. The zero-order chi connectivity index (χ0) is 14.3. The highest BCUT2D eigenvalue weighted by Gasteiger charge is 2.37. The topological polar surface area (TPSA) is 101 Å². The molecule has 5 N–H and O–H groups in total. The molecule has 0 aromatic rings. The van der Waals surface area contributed by atoms with Crippen LogP contribution in [0.2, 0.25) is 0 Å². The van der Waals surface area contributed by atoms with Crippen molar-refractivity contribution in [3.63, 3.8) is 0 Å². The Bertz CT molecular complexity index is 309. The molecule has 6 heteroatoms. The molecule has 1 fully saturated rings. The summed E-state index contributed by atoms with van der Waals surface area (Å²) in [6, 6.07) is -0.723. The van der Waals surface area contributed by atoms with E-state index < -0.39 is 0 Å². The summed E-state index contributed by atoms with van der Waals surface area (Å²) in [7, 11) is 1.71. The lowest BCUT2D eigenvalue weighted by atomic mass is 9.99. The predicted molar refractivity (Wildman–Crippen MR) is 74.3 cm³/mol. The van der Waals surface area contributed by atoms with Gasteiger partial charge in [0.2, 0.25) is 11.8 Å². The van der Waals surface area contributed by atoms with Crippen molar-refractivity contribution >= 4 is 11.8 Å². The van der Waals surface area contributed by atoms with Crippen LogP contribution in [0.25, 0.3) is 0 Å². The van der Waals surface area contributed by atoms with Gasteiger partial charge in [-0.25, -0.2) is 0 Å². The van der Waals surface area contributed by atoms with Gasteiger partial charge in [0.25, 0.3) is 0 Å². The van der Waals surface area contributed by atoms with Gasteiger partial charge in [0.15, 0.2) is 0 Å². The van der Waals surface area contributed by atoms with Gasteiger partial charge in [-0.2, -0.15) is 0 Å². The van der Waals surface area contributed by atoms with Crippen LogP contribution in [0.4, 0.5) is 0 Å². The van der Waals surface area contributed by atoms with Crippen LogP contribution in [0, 0.1) is 0 Å². The molecular weight excluding hydrogens is 244 g/mol. The summed E-state index contributed by atoms with van der Waals surface area (Å²) in [6.07, 6.45) is 4.83. The monoisotopic (exact) mass is 270 g/mol. The van der Waals surface area contributed by atoms with Crippen LogP contribution >= 0.6 is 0 Å². The number of likely N-dealkylation sites (N-methyl/N-ethyl adjacent to an activating group) is 1. The third kappa shape index (κ3) is 4.47. The first-order valence-corrected chi connectivity index (χ1v) is 7.09. The Balaban J connectivity index is 2.50. The van der Waals surface area contributed by atoms with E-state index in [1.54, 1.807) is 11.9 Å². The molecule has 0 saturated carbocycles. The highest BCUT2D eigenvalue weighted by Crippen LogP contribution is 2.16. The highest BCUT2D eigenvalue weighted by molar-refractivity contribution is 5.96. The van der Waals surface area contributed by atoms with Gasteiger partial charge in [0.05, 0.1) is 0 Å². The summed E-state index contributed by atoms with van der Waals surface area (Å²) in [5, 5.41) is 2.83. The van der Waals surface area contributed by atoms with E-state index in [1.807, 2.05) is 0 Å². The van der Waals surface area contributed by atoms with Gasteiger partial charge in [-0.05, 0) is 51.6 Å². The Kier molecular flexibility index (Phi) is 6.80. The number of unbranched alkanes of at least 4 members (excludes halogenated alkanes) is 2. The minimum absolute atomic E-state index is 0.00868. The number of carbonyl (C=O) groups excluding carboxylic acids is 2. The summed E-state index contributed by atoms with van der Waals surface area (Å²) in [6.45, 7) is 1.24. The highest BCUT2D eigenvalue weighted by atomic mass is 16.2. The Morgan fingerprint density at radius 1 is 1.05 bits per heavy atom. The van der Waals surface area contributed by atoms with Crippen molar-refractivity contribution in [2.75, 3.05) is 20.1 Å². The van der Waals surface area contributed by atoms with Crippen molar-refractivity contribution in [1.82, 2.24) is 10.2 Å². The number of hydrogen-bond acceptors (Lipinski definition) is 4. The van der Waals surface area contributed by atoms with Crippen LogP contribution in [-0.4, -0.2) is 48.9 Å². The molecule has 0 bridgehead atoms.